The molecule has 2 amide bonds. The Labute approximate surface area is 225 Å². The summed E-state index contributed by atoms with van der Waals surface area (Å²) in [6, 6.07) is 7.98. The highest BCUT2D eigenvalue weighted by atomic mass is 127. The Balaban J connectivity index is 1.69. The van der Waals surface area contributed by atoms with Crippen molar-refractivity contribution < 1.29 is 14.3 Å². The van der Waals surface area contributed by atoms with Gasteiger partial charge in [-0.15, -0.1) is 0 Å². The number of pyridine rings is 2. The zero-order valence-electron chi connectivity index (χ0n) is 20.9. The number of hydrogen-bond donors (Lipinski definition) is 0. The molecule has 7 nitrogen and oxygen atoms in total. The fourth-order valence-electron chi connectivity index (χ4n) is 4.40. The van der Waals surface area contributed by atoms with Gasteiger partial charge in [-0.25, -0.2) is 4.98 Å². The molecular weight excluding hydrogens is 567 g/mol. The number of imide groups is 1. The SMILES string of the molecule is C=C/C=C(/c1cc(C)nc2c(OCc3c(I)cncc3CN3C(=O)C[C@@H](C)C3=O)cccc12)N(C)C. The van der Waals surface area contributed by atoms with Crippen molar-refractivity contribution in [3.8, 4) is 5.75 Å². The Morgan fingerprint density at radius 2 is 2.08 bits per heavy atom. The zero-order valence-corrected chi connectivity index (χ0v) is 23.1. The van der Waals surface area contributed by atoms with Crippen LogP contribution >= 0.6 is 22.6 Å². The van der Waals surface area contributed by atoms with Crippen molar-refractivity contribution in [1.29, 1.82) is 0 Å². The molecule has 0 aliphatic carbocycles. The largest absolute Gasteiger partial charge is 0.487 e. The van der Waals surface area contributed by atoms with E-state index in [2.05, 4.69) is 45.1 Å². The van der Waals surface area contributed by atoms with Gasteiger partial charge in [0.05, 0.1) is 6.54 Å². The monoisotopic (exact) mass is 596 g/mol. The van der Waals surface area contributed by atoms with Crippen LogP contribution in [0.15, 0.2) is 55.4 Å². The number of nitrogens with zero attached hydrogens (tertiary/aromatic N) is 4. The number of fused-ring (bicyclic) bond motifs is 1. The predicted octanol–water partition coefficient (Wildman–Crippen LogP) is 5.11. The summed E-state index contributed by atoms with van der Waals surface area (Å²) >= 11 is 2.21. The lowest BCUT2D eigenvalue weighted by Gasteiger charge is -2.21. The number of para-hydroxylation sites is 1. The Morgan fingerprint density at radius 3 is 2.75 bits per heavy atom. The van der Waals surface area contributed by atoms with E-state index >= 15 is 0 Å². The molecule has 36 heavy (non-hydrogen) atoms. The third-order valence-electron chi connectivity index (χ3n) is 6.23. The Bertz CT molecular complexity index is 1380. The number of allylic oxidation sites excluding steroid dienone is 2. The number of hydrogen-bond acceptors (Lipinski definition) is 6. The number of ether oxygens (including phenoxy) is 1. The van der Waals surface area contributed by atoms with Crippen LogP contribution in [0.3, 0.4) is 0 Å². The van der Waals surface area contributed by atoms with Crippen LogP contribution in [0, 0.1) is 16.4 Å². The van der Waals surface area contributed by atoms with Gasteiger partial charge in [-0.05, 0) is 53.3 Å². The fourth-order valence-corrected chi connectivity index (χ4v) is 5.07. The molecule has 3 heterocycles. The highest BCUT2D eigenvalue weighted by molar-refractivity contribution is 14.1. The highest BCUT2D eigenvalue weighted by Gasteiger charge is 2.35. The molecule has 4 rings (SSSR count). The second-order valence-corrected chi connectivity index (χ2v) is 10.3. The Kier molecular flexibility index (Phi) is 7.73. The maximum atomic E-state index is 12.5. The third-order valence-corrected chi connectivity index (χ3v) is 7.16. The first-order chi connectivity index (χ1) is 17.2. The quantitative estimate of drug-likeness (QED) is 0.205. The lowest BCUT2D eigenvalue weighted by Crippen LogP contribution is -2.30. The van der Waals surface area contributed by atoms with Gasteiger partial charge in [0, 0.05) is 70.3 Å². The molecule has 0 bridgehead atoms. The van der Waals surface area contributed by atoms with Gasteiger partial charge in [0.25, 0.3) is 0 Å². The molecule has 1 aliphatic rings. The molecule has 186 valence electrons. The van der Waals surface area contributed by atoms with E-state index in [0.717, 1.165) is 42.6 Å². The van der Waals surface area contributed by atoms with Crippen molar-refractivity contribution in [3.05, 3.63) is 81.3 Å². The molecule has 1 saturated heterocycles. The lowest BCUT2D eigenvalue weighted by molar-refractivity contribution is -0.139. The molecule has 1 aromatic carbocycles. The van der Waals surface area contributed by atoms with Crippen LogP contribution in [0.2, 0.25) is 0 Å². The second kappa shape index (κ2) is 10.8. The number of carbonyl (C=O) groups is 2. The van der Waals surface area contributed by atoms with Crippen LogP contribution in [0.25, 0.3) is 16.6 Å². The standard InChI is InChI=1S/C28H29IN4O3/c1-6-8-24(32(4)5)21-12-18(3)31-27-20(21)9-7-10-25(27)36-16-22-19(13-30-14-23(22)29)15-33-26(34)11-17(2)28(33)35/h6-10,12-14,17H,1,11,15-16H2,2-5H3/b24-8-/t17-/m1/s1. The smallest absolute Gasteiger partial charge is 0.232 e. The van der Waals surface area contributed by atoms with Crippen molar-refractivity contribution in [2.45, 2.75) is 33.4 Å². The number of aromatic nitrogens is 2. The minimum absolute atomic E-state index is 0.142. The van der Waals surface area contributed by atoms with Crippen LogP contribution in [-0.2, 0) is 22.7 Å². The van der Waals surface area contributed by atoms with Gasteiger partial charge in [0.2, 0.25) is 11.8 Å². The number of benzene rings is 1. The van der Waals surface area contributed by atoms with Gasteiger partial charge in [-0.1, -0.05) is 31.7 Å². The van der Waals surface area contributed by atoms with E-state index in [1.807, 2.05) is 45.3 Å². The molecule has 0 radical (unpaired) electrons. The number of halogens is 1. The first-order valence-corrected chi connectivity index (χ1v) is 12.8. The van der Waals surface area contributed by atoms with Gasteiger partial charge >= 0.3 is 0 Å². The van der Waals surface area contributed by atoms with E-state index in [1.165, 1.54) is 4.90 Å². The van der Waals surface area contributed by atoms with Gasteiger partial charge in [-0.2, -0.15) is 0 Å². The van der Waals surface area contributed by atoms with Crippen molar-refractivity contribution in [2.24, 2.45) is 5.92 Å². The van der Waals surface area contributed by atoms with Gasteiger partial charge in [0.15, 0.2) is 0 Å². The van der Waals surface area contributed by atoms with Crippen molar-refractivity contribution in [3.63, 3.8) is 0 Å². The van der Waals surface area contributed by atoms with E-state index in [4.69, 9.17) is 9.72 Å². The molecule has 0 unspecified atom stereocenters. The van der Waals surface area contributed by atoms with Gasteiger partial charge < -0.3 is 9.64 Å². The number of rotatable bonds is 8. The zero-order chi connectivity index (χ0) is 26.0. The van der Waals surface area contributed by atoms with Crippen LogP contribution in [0.1, 0.15) is 35.7 Å². The minimum Gasteiger partial charge on any atom is -0.487 e. The van der Waals surface area contributed by atoms with Gasteiger partial charge in [0.1, 0.15) is 17.9 Å². The average molecular weight is 596 g/mol. The van der Waals surface area contributed by atoms with Crippen molar-refractivity contribution in [1.82, 2.24) is 19.8 Å². The number of amides is 2. The normalized spacial score (nSPS) is 16.1. The molecule has 0 spiro atoms. The highest BCUT2D eigenvalue weighted by Crippen LogP contribution is 2.33. The third kappa shape index (κ3) is 5.13. The van der Waals surface area contributed by atoms with Crippen LogP contribution in [-0.4, -0.2) is 45.7 Å². The molecule has 0 N–H and O–H groups in total. The Hall–Kier alpha value is -3.27. The summed E-state index contributed by atoms with van der Waals surface area (Å²) in [5, 5.41) is 0.979. The average Bonchev–Trinajstić information content (AvgIpc) is 3.07. The summed E-state index contributed by atoms with van der Waals surface area (Å²) in [5.74, 6) is 0.0871. The first-order valence-electron chi connectivity index (χ1n) is 11.7. The van der Waals surface area contributed by atoms with Crippen molar-refractivity contribution in [2.75, 3.05) is 14.1 Å². The van der Waals surface area contributed by atoms with E-state index in [1.54, 1.807) is 25.4 Å². The molecule has 3 aromatic rings. The van der Waals surface area contributed by atoms with Crippen LogP contribution < -0.4 is 4.74 Å². The van der Waals surface area contributed by atoms with E-state index < -0.39 is 0 Å². The molecule has 0 saturated carbocycles. The number of aryl methyl sites for hydroxylation is 1. The summed E-state index contributed by atoms with van der Waals surface area (Å²) in [6.45, 7) is 8.07. The molecular formula is C28H29IN4O3. The minimum atomic E-state index is -0.283. The fraction of sp³-hybridized carbons (Fsp3) is 0.286. The summed E-state index contributed by atoms with van der Waals surface area (Å²) in [4.78, 5) is 37.3. The van der Waals surface area contributed by atoms with E-state index in [-0.39, 0.29) is 37.3 Å². The summed E-state index contributed by atoms with van der Waals surface area (Å²) < 4.78 is 7.25. The summed E-state index contributed by atoms with van der Waals surface area (Å²) in [7, 11) is 4.00. The Morgan fingerprint density at radius 1 is 1.31 bits per heavy atom. The predicted molar refractivity (Wildman–Crippen MR) is 149 cm³/mol. The number of carbonyl (C=O) groups excluding carboxylic acids is 2. The van der Waals surface area contributed by atoms with Crippen molar-refractivity contribution >= 4 is 51.0 Å². The van der Waals surface area contributed by atoms with Crippen LogP contribution in [0.4, 0.5) is 0 Å². The molecule has 1 fully saturated rings. The maximum absolute atomic E-state index is 12.5. The molecule has 2 aromatic heterocycles. The second-order valence-electron chi connectivity index (χ2n) is 9.12. The topological polar surface area (TPSA) is 75.6 Å². The first kappa shape index (κ1) is 25.8. The lowest BCUT2D eigenvalue weighted by atomic mass is 10.0. The summed E-state index contributed by atoms with van der Waals surface area (Å²) in [5.41, 5.74) is 5.42. The van der Waals surface area contributed by atoms with Gasteiger partial charge in [-0.3, -0.25) is 19.5 Å². The molecule has 1 atom stereocenters. The summed E-state index contributed by atoms with van der Waals surface area (Å²) in [6.07, 6.45) is 7.47. The maximum Gasteiger partial charge on any atom is 0.232 e. The molecule has 8 heteroatoms. The van der Waals surface area contributed by atoms with Crippen LogP contribution in [0.5, 0.6) is 5.75 Å². The van der Waals surface area contributed by atoms with E-state index in [0.29, 0.717) is 5.75 Å². The number of likely N-dealkylation sites (tertiary alicyclic amines) is 1. The molecule has 1 aliphatic heterocycles. The van der Waals surface area contributed by atoms with E-state index in [9.17, 15) is 9.59 Å².